The maximum absolute atomic E-state index is 13.2. The smallest absolute Gasteiger partial charge is 0.231 e. The van der Waals surface area contributed by atoms with E-state index < -0.39 is 5.82 Å². The molecular weight excluding hydrogens is 403 g/mol. The first-order valence-corrected chi connectivity index (χ1v) is 9.77. The van der Waals surface area contributed by atoms with Crippen molar-refractivity contribution in [3.05, 3.63) is 112 Å². The number of hydrogen-bond donors (Lipinski definition) is 0. The zero-order valence-corrected chi connectivity index (χ0v) is 16.9. The van der Waals surface area contributed by atoms with E-state index in [1.54, 1.807) is 30.4 Å². The maximum atomic E-state index is 13.2. The van der Waals surface area contributed by atoms with Gasteiger partial charge in [-0.25, -0.2) is 4.39 Å². The van der Waals surface area contributed by atoms with Crippen LogP contribution in [0.2, 0.25) is 5.02 Å². The number of benzene rings is 3. The van der Waals surface area contributed by atoms with Gasteiger partial charge >= 0.3 is 0 Å². The summed E-state index contributed by atoms with van der Waals surface area (Å²) in [4.78, 5) is 12.6. The molecule has 0 saturated carbocycles. The first-order valence-electron chi connectivity index (χ1n) is 9.39. The summed E-state index contributed by atoms with van der Waals surface area (Å²) >= 11 is 6.06. The highest BCUT2D eigenvalue weighted by Gasteiger charge is 2.29. The average Bonchev–Trinajstić information content (AvgIpc) is 3.06. The molecular formula is C25H18ClFO3. The van der Waals surface area contributed by atoms with Crippen LogP contribution in [0.15, 0.2) is 78.6 Å². The largest absolute Gasteiger partial charge is 0.488 e. The van der Waals surface area contributed by atoms with E-state index in [1.165, 1.54) is 12.1 Å². The summed E-state index contributed by atoms with van der Waals surface area (Å²) in [6, 6.07) is 17.4. The molecule has 0 amide bonds. The molecule has 0 N–H and O–H groups in total. The summed E-state index contributed by atoms with van der Waals surface area (Å²) in [5.41, 5.74) is 2.92. The van der Waals surface area contributed by atoms with Crippen molar-refractivity contribution >= 4 is 23.5 Å². The Balaban J connectivity index is 1.51. The lowest BCUT2D eigenvalue weighted by molar-refractivity contribution is 0.101. The van der Waals surface area contributed by atoms with Crippen LogP contribution in [0.3, 0.4) is 0 Å². The van der Waals surface area contributed by atoms with Crippen molar-refractivity contribution in [2.75, 3.05) is 0 Å². The molecule has 3 aromatic carbocycles. The monoisotopic (exact) mass is 420 g/mol. The fourth-order valence-corrected chi connectivity index (χ4v) is 3.37. The van der Waals surface area contributed by atoms with Gasteiger partial charge in [0.25, 0.3) is 0 Å². The van der Waals surface area contributed by atoms with E-state index in [0.717, 1.165) is 11.1 Å². The molecule has 4 rings (SSSR count). The molecule has 0 unspecified atom stereocenters. The first-order chi connectivity index (χ1) is 14.5. The average molecular weight is 421 g/mol. The van der Waals surface area contributed by atoms with Gasteiger partial charge in [-0.15, -0.1) is 0 Å². The summed E-state index contributed by atoms with van der Waals surface area (Å²) in [7, 11) is 0. The highest BCUT2D eigenvalue weighted by atomic mass is 35.5. The second kappa shape index (κ2) is 8.56. The van der Waals surface area contributed by atoms with E-state index in [-0.39, 0.29) is 18.1 Å². The van der Waals surface area contributed by atoms with Crippen LogP contribution in [0.5, 0.6) is 11.5 Å². The Morgan fingerprint density at radius 1 is 1.10 bits per heavy atom. The Labute approximate surface area is 179 Å². The van der Waals surface area contributed by atoms with E-state index >= 15 is 0 Å². The molecule has 3 aromatic rings. The quantitative estimate of drug-likeness (QED) is 0.439. The van der Waals surface area contributed by atoms with Crippen LogP contribution in [0.25, 0.3) is 6.08 Å². The van der Waals surface area contributed by atoms with Crippen molar-refractivity contribution < 1.29 is 18.7 Å². The number of rotatable bonds is 5. The zero-order chi connectivity index (χ0) is 21.1. The van der Waals surface area contributed by atoms with Crippen LogP contribution in [0.4, 0.5) is 4.39 Å². The number of fused-ring (bicyclic) bond motifs is 1. The molecule has 0 aliphatic carbocycles. The second-order valence-corrected chi connectivity index (χ2v) is 7.23. The number of hydrogen-bond acceptors (Lipinski definition) is 3. The van der Waals surface area contributed by atoms with E-state index in [2.05, 4.69) is 0 Å². The fourth-order valence-electron chi connectivity index (χ4n) is 3.14. The molecule has 150 valence electrons. The standard InChI is InChI=1S/C25H18ClFO3/c1-16-22(29-15-18-10-11-19(27)14-21(18)26)13-12-20-24(28)23(30-25(16)20)9-5-8-17-6-3-2-4-7-17/h2-14H,15H2,1H3/b8-5+,23-9-. The number of carbonyl (C=O) groups is 1. The van der Waals surface area contributed by atoms with Gasteiger partial charge in [-0.2, -0.15) is 0 Å². The van der Waals surface area contributed by atoms with Crippen molar-refractivity contribution in [1.82, 2.24) is 0 Å². The molecule has 30 heavy (non-hydrogen) atoms. The van der Waals surface area contributed by atoms with Crippen LogP contribution >= 0.6 is 11.6 Å². The molecule has 0 bridgehead atoms. The number of ketones is 1. The number of Topliss-reactive ketones (excluding diaryl/α,β-unsaturated/α-hetero) is 1. The van der Waals surface area contributed by atoms with Crippen molar-refractivity contribution in [1.29, 1.82) is 0 Å². The van der Waals surface area contributed by atoms with Crippen LogP contribution in [-0.2, 0) is 6.61 Å². The molecule has 0 spiro atoms. The summed E-state index contributed by atoms with van der Waals surface area (Å²) < 4.78 is 24.9. The van der Waals surface area contributed by atoms with Gasteiger partial charge in [-0.3, -0.25) is 4.79 Å². The van der Waals surface area contributed by atoms with Crippen molar-refractivity contribution in [2.24, 2.45) is 0 Å². The topological polar surface area (TPSA) is 35.5 Å². The predicted octanol–water partition coefficient (Wildman–Crippen LogP) is 6.54. The molecule has 0 radical (unpaired) electrons. The van der Waals surface area contributed by atoms with Gasteiger partial charge in [0.05, 0.1) is 10.6 Å². The van der Waals surface area contributed by atoms with Gasteiger partial charge in [0, 0.05) is 11.1 Å². The highest BCUT2D eigenvalue weighted by Crippen LogP contribution is 2.39. The number of carbonyl (C=O) groups excluding carboxylic acids is 1. The minimum absolute atomic E-state index is 0.168. The zero-order valence-electron chi connectivity index (χ0n) is 16.2. The molecule has 0 fully saturated rings. The number of allylic oxidation sites excluding steroid dienone is 3. The summed E-state index contributed by atoms with van der Waals surface area (Å²) in [6.45, 7) is 2.01. The first kappa shape index (κ1) is 19.9. The summed E-state index contributed by atoms with van der Waals surface area (Å²) in [5.74, 6) is 0.757. The minimum Gasteiger partial charge on any atom is -0.488 e. The van der Waals surface area contributed by atoms with Gasteiger partial charge in [0.2, 0.25) is 5.78 Å². The van der Waals surface area contributed by atoms with Crippen LogP contribution in [-0.4, -0.2) is 5.78 Å². The SMILES string of the molecule is Cc1c(OCc2ccc(F)cc2Cl)ccc2c1O/C(=C\C=C\c1ccccc1)C2=O. The second-order valence-electron chi connectivity index (χ2n) is 6.82. The molecule has 1 aliphatic heterocycles. The van der Waals surface area contributed by atoms with E-state index in [1.807, 2.05) is 43.3 Å². The summed E-state index contributed by atoms with van der Waals surface area (Å²) in [6.07, 6.45) is 5.35. The molecule has 0 atom stereocenters. The lowest BCUT2D eigenvalue weighted by atomic mass is 10.1. The predicted molar refractivity (Wildman–Crippen MR) is 115 cm³/mol. The van der Waals surface area contributed by atoms with Crippen molar-refractivity contribution in [3.8, 4) is 11.5 Å². The third kappa shape index (κ3) is 4.14. The Morgan fingerprint density at radius 3 is 2.67 bits per heavy atom. The molecule has 5 heteroatoms. The van der Waals surface area contributed by atoms with Gasteiger partial charge in [0.15, 0.2) is 5.76 Å². The van der Waals surface area contributed by atoms with Crippen molar-refractivity contribution in [3.63, 3.8) is 0 Å². The number of ether oxygens (including phenoxy) is 2. The van der Waals surface area contributed by atoms with Crippen LogP contribution in [0, 0.1) is 12.7 Å². The lowest BCUT2D eigenvalue weighted by Crippen LogP contribution is -1.99. The lowest BCUT2D eigenvalue weighted by Gasteiger charge is -2.12. The van der Waals surface area contributed by atoms with E-state index in [4.69, 9.17) is 21.1 Å². The molecule has 0 saturated heterocycles. The maximum Gasteiger partial charge on any atom is 0.231 e. The van der Waals surface area contributed by atoms with E-state index in [9.17, 15) is 9.18 Å². The molecule has 1 aliphatic rings. The van der Waals surface area contributed by atoms with Crippen molar-refractivity contribution in [2.45, 2.75) is 13.5 Å². The Bertz CT molecular complexity index is 1170. The Hall–Kier alpha value is -3.37. The molecule has 0 aromatic heterocycles. The van der Waals surface area contributed by atoms with Gasteiger partial charge in [-0.05, 0) is 42.8 Å². The minimum atomic E-state index is -0.398. The molecule has 3 nitrogen and oxygen atoms in total. The summed E-state index contributed by atoms with van der Waals surface area (Å²) in [5, 5.41) is 0.302. The van der Waals surface area contributed by atoms with Gasteiger partial charge < -0.3 is 9.47 Å². The molecule has 1 heterocycles. The van der Waals surface area contributed by atoms with Crippen LogP contribution < -0.4 is 9.47 Å². The van der Waals surface area contributed by atoms with E-state index in [0.29, 0.717) is 27.6 Å². The highest BCUT2D eigenvalue weighted by molar-refractivity contribution is 6.31. The van der Waals surface area contributed by atoms with Gasteiger partial charge in [-0.1, -0.05) is 60.2 Å². The Kier molecular flexibility index (Phi) is 5.68. The third-order valence-corrected chi connectivity index (χ3v) is 5.12. The third-order valence-electron chi connectivity index (χ3n) is 4.77. The van der Waals surface area contributed by atoms with Gasteiger partial charge in [0.1, 0.15) is 23.9 Å². The number of halogens is 2. The van der Waals surface area contributed by atoms with Crippen LogP contribution in [0.1, 0.15) is 27.0 Å². The normalized spacial score (nSPS) is 14.2. The Morgan fingerprint density at radius 2 is 1.90 bits per heavy atom. The fraction of sp³-hybridized carbons (Fsp3) is 0.0800.